The zero-order valence-electron chi connectivity index (χ0n) is 16.9. The van der Waals surface area contributed by atoms with Crippen molar-refractivity contribution in [2.75, 3.05) is 0 Å². The second-order valence-electron chi connectivity index (χ2n) is 8.61. The highest BCUT2D eigenvalue weighted by Gasteiger charge is 2.22. The van der Waals surface area contributed by atoms with Crippen LogP contribution in [-0.2, 0) is 6.42 Å². The maximum Gasteiger partial charge on any atom is 0.264 e. The molecule has 0 unspecified atom stereocenters. The van der Waals surface area contributed by atoms with Crippen LogP contribution in [0, 0.1) is 0 Å². The van der Waals surface area contributed by atoms with E-state index in [4.69, 9.17) is 4.98 Å². The Labute approximate surface area is 179 Å². The maximum absolute atomic E-state index is 13.6. The number of para-hydroxylation sites is 2. The van der Waals surface area contributed by atoms with Gasteiger partial charge in [-0.15, -0.1) is 0 Å². The van der Waals surface area contributed by atoms with Crippen molar-refractivity contribution < 1.29 is 5.11 Å². The summed E-state index contributed by atoms with van der Waals surface area (Å²) in [5, 5.41) is 16.2. The number of fused-ring (bicyclic) bond motifs is 8. The minimum absolute atomic E-state index is 0.000444. The van der Waals surface area contributed by atoms with E-state index in [9.17, 15) is 9.90 Å². The van der Waals surface area contributed by atoms with Crippen molar-refractivity contribution in [3.63, 3.8) is 0 Å². The van der Waals surface area contributed by atoms with E-state index in [0.717, 1.165) is 65.7 Å². The molecule has 2 aliphatic carbocycles. The van der Waals surface area contributed by atoms with E-state index in [-0.39, 0.29) is 5.56 Å². The van der Waals surface area contributed by atoms with E-state index in [1.54, 1.807) is 4.40 Å². The van der Waals surface area contributed by atoms with Crippen LogP contribution in [0.4, 0.5) is 0 Å². The number of rotatable bonds is 0. The molecule has 152 valence electrons. The van der Waals surface area contributed by atoms with Crippen LogP contribution < -0.4 is 16.1 Å². The van der Waals surface area contributed by atoms with Gasteiger partial charge in [0.2, 0.25) is 0 Å². The Morgan fingerprint density at radius 2 is 1.97 bits per heavy atom. The molecule has 6 nitrogen and oxygen atoms in total. The summed E-state index contributed by atoms with van der Waals surface area (Å²) in [6, 6.07) is 12.1. The molecule has 6 heteroatoms. The van der Waals surface area contributed by atoms with E-state index < -0.39 is 0 Å². The number of pyridine rings is 2. The average Bonchev–Trinajstić information content (AvgIpc) is 3.38. The third kappa shape index (κ3) is 1.74. The van der Waals surface area contributed by atoms with E-state index in [2.05, 4.69) is 17.1 Å². The Kier molecular flexibility index (Phi) is 2.71. The SMILES string of the molecule is O=c1c2c3c(ccc4cn5c6c(nc5c(c43)CC=2)C=CCC=6O)c2[nH]c3ccccc3n12. The molecule has 0 bridgehead atoms. The van der Waals surface area contributed by atoms with Crippen LogP contribution in [0.15, 0.2) is 53.5 Å². The van der Waals surface area contributed by atoms with Crippen LogP contribution in [0.2, 0.25) is 0 Å². The molecule has 0 saturated heterocycles. The highest BCUT2D eigenvalue weighted by molar-refractivity contribution is 6.16. The molecule has 2 N–H and O–H groups in total. The lowest BCUT2D eigenvalue weighted by atomic mass is 9.93. The molecule has 2 aliphatic rings. The molecule has 2 aromatic carbocycles. The highest BCUT2D eigenvalue weighted by atomic mass is 16.3. The van der Waals surface area contributed by atoms with Gasteiger partial charge in [-0.05, 0) is 41.5 Å². The van der Waals surface area contributed by atoms with Gasteiger partial charge in [0.25, 0.3) is 5.56 Å². The number of hydrogen-bond donors (Lipinski definition) is 2. The Balaban J connectivity index is 1.67. The lowest BCUT2D eigenvalue weighted by Crippen LogP contribution is -2.33. The first-order valence-corrected chi connectivity index (χ1v) is 10.7. The molecule has 0 aliphatic heterocycles. The number of nitrogens with one attached hydrogen (secondary N) is 1. The van der Waals surface area contributed by atoms with Gasteiger partial charge >= 0.3 is 0 Å². The molecule has 0 radical (unpaired) electrons. The Morgan fingerprint density at radius 1 is 1.06 bits per heavy atom. The van der Waals surface area contributed by atoms with Crippen LogP contribution >= 0.6 is 0 Å². The van der Waals surface area contributed by atoms with Crippen molar-refractivity contribution in [1.29, 1.82) is 0 Å². The molecule has 6 aromatic rings. The number of imidazole rings is 2. The number of hydrogen-bond acceptors (Lipinski definition) is 3. The first-order valence-electron chi connectivity index (χ1n) is 10.7. The fourth-order valence-electron chi connectivity index (χ4n) is 5.64. The fourth-order valence-corrected chi connectivity index (χ4v) is 5.64. The normalized spacial score (nSPS) is 14.9. The second kappa shape index (κ2) is 5.29. The van der Waals surface area contributed by atoms with E-state index >= 15 is 0 Å². The number of H-pyrrole nitrogens is 1. The standard InChI is InChI=1S/C26H16N4O2/c31-20-7-3-5-18-23(20)29-12-13-8-9-15-22-16(11-10-14(21(13)22)24(29)28-18)26(32)30-19-6-2-1-4-17(19)27-25(15)30/h1-6,8-9,11-12,27,31H,7,10H2. The van der Waals surface area contributed by atoms with Crippen molar-refractivity contribution in [2.45, 2.75) is 12.8 Å². The van der Waals surface area contributed by atoms with Crippen molar-refractivity contribution in [3.05, 3.63) is 80.9 Å². The van der Waals surface area contributed by atoms with Crippen molar-refractivity contribution in [1.82, 2.24) is 18.8 Å². The van der Waals surface area contributed by atoms with Gasteiger partial charge in [-0.25, -0.2) is 4.98 Å². The molecule has 4 heterocycles. The predicted octanol–water partition coefficient (Wildman–Crippen LogP) is 3.15. The number of aromatic nitrogens is 4. The molecule has 8 rings (SSSR count). The first-order chi connectivity index (χ1) is 15.7. The van der Waals surface area contributed by atoms with E-state index in [0.29, 0.717) is 18.6 Å². The van der Waals surface area contributed by atoms with Gasteiger partial charge in [0.15, 0.2) is 0 Å². The molecule has 4 aromatic heterocycles. The lowest BCUT2D eigenvalue weighted by molar-refractivity contribution is 0.485. The molecule has 0 atom stereocenters. The van der Waals surface area contributed by atoms with Crippen molar-refractivity contribution in [2.24, 2.45) is 0 Å². The fraction of sp³-hybridized carbons (Fsp3) is 0.0769. The summed E-state index contributed by atoms with van der Waals surface area (Å²) >= 11 is 0. The molecule has 0 saturated carbocycles. The van der Waals surface area contributed by atoms with Crippen LogP contribution in [0.25, 0.3) is 61.8 Å². The minimum atomic E-state index is -0.000444. The Bertz CT molecular complexity index is 2070. The van der Waals surface area contributed by atoms with Gasteiger partial charge < -0.3 is 10.1 Å². The maximum atomic E-state index is 13.6. The van der Waals surface area contributed by atoms with Gasteiger partial charge in [0, 0.05) is 34.2 Å². The second-order valence-corrected chi connectivity index (χ2v) is 8.61. The predicted molar refractivity (Wildman–Crippen MR) is 126 cm³/mol. The lowest BCUT2D eigenvalue weighted by Gasteiger charge is -2.15. The summed E-state index contributed by atoms with van der Waals surface area (Å²) in [7, 11) is 0. The van der Waals surface area contributed by atoms with Crippen LogP contribution in [-0.4, -0.2) is 23.9 Å². The number of aliphatic hydroxyl groups excluding tert-OH is 1. The summed E-state index contributed by atoms with van der Waals surface area (Å²) in [5.41, 5.74) is 5.36. The number of aliphatic hydroxyl groups is 1. The summed E-state index contributed by atoms with van der Waals surface area (Å²) in [6.45, 7) is 0. The minimum Gasteiger partial charge on any atom is -0.510 e. The number of benzene rings is 2. The van der Waals surface area contributed by atoms with Gasteiger partial charge in [0.1, 0.15) is 22.4 Å². The quantitative estimate of drug-likeness (QED) is 0.374. The van der Waals surface area contributed by atoms with Crippen molar-refractivity contribution >= 4 is 61.8 Å². The third-order valence-electron chi connectivity index (χ3n) is 6.97. The highest BCUT2D eigenvalue weighted by Crippen LogP contribution is 2.33. The van der Waals surface area contributed by atoms with Gasteiger partial charge in [-0.2, -0.15) is 0 Å². The molecular formula is C26H16N4O2. The summed E-state index contributed by atoms with van der Waals surface area (Å²) in [5.74, 6) is 0.334. The molecule has 32 heavy (non-hydrogen) atoms. The van der Waals surface area contributed by atoms with Gasteiger partial charge in [0.05, 0.1) is 16.7 Å². The summed E-state index contributed by atoms with van der Waals surface area (Å²) in [4.78, 5) is 22.0. The average molecular weight is 416 g/mol. The molecule has 0 amide bonds. The first kappa shape index (κ1) is 16.4. The van der Waals surface area contributed by atoms with Crippen molar-refractivity contribution in [3.8, 4) is 0 Å². The Hall–Kier alpha value is -4.32. The largest absolute Gasteiger partial charge is 0.510 e. The number of nitrogens with zero attached hydrogens (tertiary/aromatic N) is 3. The van der Waals surface area contributed by atoms with Crippen LogP contribution in [0.5, 0.6) is 0 Å². The summed E-state index contributed by atoms with van der Waals surface area (Å²) < 4.78 is 3.80. The monoisotopic (exact) mass is 416 g/mol. The molecule has 0 spiro atoms. The smallest absolute Gasteiger partial charge is 0.264 e. The van der Waals surface area contributed by atoms with Gasteiger partial charge in [-0.1, -0.05) is 30.4 Å². The zero-order chi connectivity index (χ0) is 21.1. The molecular weight excluding hydrogens is 400 g/mol. The number of aromatic amines is 1. The zero-order valence-corrected chi connectivity index (χ0v) is 16.9. The third-order valence-corrected chi connectivity index (χ3v) is 6.97. The van der Waals surface area contributed by atoms with E-state index in [1.165, 1.54) is 0 Å². The summed E-state index contributed by atoms with van der Waals surface area (Å²) in [6.07, 6.45) is 9.11. The molecule has 0 fully saturated rings. The van der Waals surface area contributed by atoms with Gasteiger partial charge in [-0.3, -0.25) is 13.6 Å². The van der Waals surface area contributed by atoms with E-state index in [1.807, 2.05) is 53.1 Å². The topological polar surface area (TPSA) is 74.8 Å². The van der Waals surface area contributed by atoms with Crippen LogP contribution in [0.1, 0.15) is 17.7 Å². The van der Waals surface area contributed by atoms with Crippen LogP contribution in [0.3, 0.4) is 0 Å². The Morgan fingerprint density at radius 3 is 2.91 bits per heavy atom.